The molecular formula is C26H26Cl2IN3O4S. The van der Waals surface area contributed by atoms with E-state index in [0.29, 0.717) is 27.7 Å². The standard InChI is InChI=1S/C26H26Cl2IN3O4S/c1-3-24(26(34)30-2)31(16-18-9-10-19(27)15-23(18)28)25(33)17-32(21-13-11-20(29)12-14-21)37(35,36)22-7-5-4-6-8-22/h4-15,24H,3,16-17H2,1-2H3,(H,30,34). The van der Waals surface area contributed by atoms with Crippen LogP contribution < -0.4 is 9.62 Å². The lowest BCUT2D eigenvalue weighted by molar-refractivity contribution is -0.140. The second kappa shape index (κ2) is 12.9. The minimum Gasteiger partial charge on any atom is -0.357 e. The molecule has 7 nitrogen and oxygen atoms in total. The van der Waals surface area contributed by atoms with Gasteiger partial charge in [-0.1, -0.05) is 54.4 Å². The largest absolute Gasteiger partial charge is 0.357 e. The number of nitrogens with one attached hydrogen (secondary N) is 1. The van der Waals surface area contributed by atoms with Crippen LogP contribution in [-0.4, -0.2) is 44.8 Å². The number of rotatable bonds is 10. The van der Waals surface area contributed by atoms with Crippen molar-refractivity contribution in [1.29, 1.82) is 0 Å². The van der Waals surface area contributed by atoms with Crippen LogP contribution in [0.5, 0.6) is 0 Å². The van der Waals surface area contributed by atoms with E-state index in [-0.39, 0.29) is 17.3 Å². The van der Waals surface area contributed by atoms with Crippen LogP contribution in [0.15, 0.2) is 77.7 Å². The van der Waals surface area contributed by atoms with Crippen LogP contribution in [0.2, 0.25) is 10.0 Å². The summed E-state index contributed by atoms with van der Waals surface area (Å²) in [5.74, 6) is -0.924. The van der Waals surface area contributed by atoms with Gasteiger partial charge < -0.3 is 10.2 Å². The Hall–Kier alpha value is -2.34. The number of carbonyl (C=O) groups excluding carboxylic acids is 2. The zero-order valence-corrected chi connectivity index (χ0v) is 24.7. The molecule has 0 heterocycles. The van der Waals surface area contributed by atoms with Crippen molar-refractivity contribution in [3.63, 3.8) is 0 Å². The normalized spacial score (nSPS) is 12.0. The maximum absolute atomic E-state index is 13.8. The highest BCUT2D eigenvalue weighted by atomic mass is 127. The van der Waals surface area contributed by atoms with Crippen molar-refractivity contribution in [2.45, 2.75) is 30.8 Å². The van der Waals surface area contributed by atoms with E-state index in [1.54, 1.807) is 67.6 Å². The molecule has 3 aromatic rings. The van der Waals surface area contributed by atoms with Crippen molar-refractivity contribution >= 4 is 73.3 Å². The first-order chi connectivity index (χ1) is 17.6. The number of sulfonamides is 1. The Kier molecular flexibility index (Phi) is 10.2. The molecule has 0 aliphatic rings. The molecule has 0 radical (unpaired) electrons. The SMILES string of the molecule is CCC(C(=O)NC)N(Cc1ccc(Cl)cc1Cl)C(=O)CN(c1ccc(I)cc1)S(=O)(=O)c1ccccc1. The molecule has 37 heavy (non-hydrogen) atoms. The molecule has 1 N–H and O–H groups in total. The average molecular weight is 674 g/mol. The Morgan fingerprint density at radius 3 is 2.22 bits per heavy atom. The Balaban J connectivity index is 2.06. The van der Waals surface area contributed by atoms with Gasteiger partial charge in [0.05, 0.1) is 10.6 Å². The molecule has 3 rings (SSSR count). The fraction of sp³-hybridized carbons (Fsp3) is 0.231. The van der Waals surface area contributed by atoms with Gasteiger partial charge in [0, 0.05) is 27.2 Å². The molecule has 0 bridgehead atoms. The minimum atomic E-state index is -4.10. The molecule has 196 valence electrons. The first-order valence-corrected chi connectivity index (χ1v) is 14.6. The van der Waals surface area contributed by atoms with Crippen LogP contribution in [0, 0.1) is 3.57 Å². The van der Waals surface area contributed by atoms with Crippen molar-refractivity contribution < 1.29 is 18.0 Å². The monoisotopic (exact) mass is 673 g/mol. The summed E-state index contributed by atoms with van der Waals surface area (Å²) in [6.07, 6.45) is 0.311. The summed E-state index contributed by atoms with van der Waals surface area (Å²) in [5, 5.41) is 3.36. The summed E-state index contributed by atoms with van der Waals surface area (Å²) in [4.78, 5) is 28.0. The Morgan fingerprint density at radius 1 is 1.00 bits per heavy atom. The smallest absolute Gasteiger partial charge is 0.264 e. The molecule has 0 saturated heterocycles. The molecule has 1 unspecified atom stereocenters. The number of hydrogen-bond acceptors (Lipinski definition) is 4. The number of halogens is 3. The van der Waals surface area contributed by atoms with Crippen molar-refractivity contribution in [2.75, 3.05) is 17.9 Å². The molecule has 0 spiro atoms. The summed E-state index contributed by atoms with van der Waals surface area (Å²) in [6.45, 7) is 1.25. The maximum atomic E-state index is 13.8. The van der Waals surface area contributed by atoms with Gasteiger partial charge in [0.1, 0.15) is 12.6 Å². The Morgan fingerprint density at radius 2 is 1.65 bits per heavy atom. The summed E-state index contributed by atoms with van der Waals surface area (Å²) >= 11 is 14.5. The van der Waals surface area contributed by atoms with Crippen LogP contribution in [0.25, 0.3) is 0 Å². The first kappa shape index (κ1) is 29.2. The molecule has 0 aliphatic carbocycles. The number of anilines is 1. The van der Waals surface area contributed by atoms with Crippen LogP contribution in [0.3, 0.4) is 0 Å². The molecule has 2 amide bonds. The third-order valence-electron chi connectivity index (χ3n) is 5.71. The van der Waals surface area contributed by atoms with Gasteiger partial charge in [-0.2, -0.15) is 0 Å². The molecule has 3 aromatic carbocycles. The van der Waals surface area contributed by atoms with Gasteiger partial charge in [-0.25, -0.2) is 8.42 Å². The fourth-order valence-electron chi connectivity index (χ4n) is 3.78. The van der Waals surface area contributed by atoms with E-state index in [1.165, 1.54) is 24.1 Å². The topological polar surface area (TPSA) is 86.8 Å². The Labute approximate surface area is 240 Å². The lowest BCUT2D eigenvalue weighted by atomic mass is 10.1. The van der Waals surface area contributed by atoms with E-state index in [4.69, 9.17) is 23.2 Å². The number of likely N-dealkylation sites (N-methyl/N-ethyl adjacent to an activating group) is 1. The minimum absolute atomic E-state index is 0.00727. The second-order valence-corrected chi connectivity index (χ2v) is 12.0. The van der Waals surface area contributed by atoms with Crippen LogP contribution >= 0.6 is 45.8 Å². The first-order valence-electron chi connectivity index (χ1n) is 11.4. The van der Waals surface area contributed by atoms with Crippen molar-refractivity contribution in [3.8, 4) is 0 Å². The van der Waals surface area contributed by atoms with Crippen LogP contribution in [0.4, 0.5) is 5.69 Å². The zero-order valence-electron chi connectivity index (χ0n) is 20.2. The number of benzene rings is 3. The van der Waals surface area contributed by atoms with E-state index >= 15 is 0 Å². The summed E-state index contributed by atoms with van der Waals surface area (Å²) in [7, 11) is -2.61. The van der Waals surface area contributed by atoms with Crippen LogP contribution in [0.1, 0.15) is 18.9 Å². The van der Waals surface area contributed by atoms with Gasteiger partial charge in [-0.3, -0.25) is 13.9 Å². The van der Waals surface area contributed by atoms with E-state index in [9.17, 15) is 18.0 Å². The van der Waals surface area contributed by atoms with Gasteiger partial charge in [0.2, 0.25) is 11.8 Å². The van der Waals surface area contributed by atoms with Crippen molar-refractivity contribution in [3.05, 3.63) is 92.0 Å². The highest BCUT2D eigenvalue weighted by molar-refractivity contribution is 14.1. The van der Waals surface area contributed by atoms with Crippen molar-refractivity contribution in [1.82, 2.24) is 10.2 Å². The van der Waals surface area contributed by atoms with Gasteiger partial charge in [0.25, 0.3) is 10.0 Å². The van der Waals surface area contributed by atoms with Gasteiger partial charge in [-0.05, 0) is 83.1 Å². The zero-order chi connectivity index (χ0) is 27.2. The third kappa shape index (κ3) is 7.16. The van der Waals surface area contributed by atoms with Crippen molar-refractivity contribution in [2.24, 2.45) is 0 Å². The maximum Gasteiger partial charge on any atom is 0.264 e. The quantitative estimate of drug-likeness (QED) is 0.294. The highest BCUT2D eigenvalue weighted by Gasteiger charge is 2.33. The fourth-order valence-corrected chi connectivity index (χ4v) is 6.04. The van der Waals surface area contributed by atoms with Crippen LogP contribution in [-0.2, 0) is 26.2 Å². The molecule has 0 saturated carbocycles. The average Bonchev–Trinajstić information content (AvgIpc) is 2.89. The second-order valence-electron chi connectivity index (χ2n) is 8.10. The number of hydrogen-bond donors (Lipinski definition) is 1. The van der Waals surface area contributed by atoms with Gasteiger partial charge in [0.15, 0.2) is 0 Å². The molecule has 0 fully saturated rings. The lowest BCUT2D eigenvalue weighted by Gasteiger charge is -2.33. The van der Waals surface area contributed by atoms with E-state index in [0.717, 1.165) is 7.88 Å². The summed E-state index contributed by atoms with van der Waals surface area (Å²) < 4.78 is 29.4. The van der Waals surface area contributed by atoms with E-state index < -0.39 is 28.5 Å². The van der Waals surface area contributed by atoms with E-state index in [2.05, 4.69) is 27.9 Å². The van der Waals surface area contributed by atoms with E-state index in [1.807, 2.05) is 0 Å². The summed E-state index contributed by atoms with van der Waals surface area (Å²) in [5.41, 5.74) is 0.906. The number of carbonyl (C=O) groups is 2. The highest BCUT2D eigenvalue weighted by Crippen LogP contribution is 2.27. The lowest BCUT2D eigenvalue weighted by Crippen LogP contribution is -2.51. The predicted molar refractivity (Wildman–Crippen MR) is 155 cm³/mol. The third-order valence-corrected chi connectivity index (χ3v) is 8.81. The molecular weight excluding hydrogens is 648 g/mol. The van der Waals surface area contributed by atoms with Gasteiger partial charge >= 0.3 is 0 Å². The molecule has 0 aliphatic heterocycles. The summed E-state index contributed by atoms with van der Waals surface area (Å²) in [6, 6.07) is 18.8. The number of amides is 2. The molecule has 11 heteroatoms. The molecule has 1 atom stereocenters. The number of nitrogens with zero attached hydrogens (tertiary/aromatic N) is 2. The predicted octanol–water partition coefficient (Wildman–Crippen LogP) is 5.35. The van der Waals surface area contributed by atoms with Gasteiger partial charge in [-0.15, -0.1) is 0 Å². The molecule has 0 aromatic heterocycles. The Bertz CT molecular complexity index is 1360.